The number of anilines is 2. The summed E-state index contributed by atoms with van der Waals surface area (Å²) in [6.45, 7) is 1.95. The Morgan fingerprint density at radius 1 is 1.26 bits per heavy atom. The Labute approximate surface area is 141 Å². The standard InChI is InChI=1S/C16H18N2O3S2/c1-10-6-8-11(9-7-10)18(23(20)21)16-14(15(17)19)12-4-2-3-5-13(12)22-16/h6-9H,2-5H2,1H3,(H2,17,19)(H,20,21). The second-order valence-electron chi connectivity index (χ2n) is 5.62. The quantitative estimate of drug-likeness (QED) is 0.830. The summed E-state index contributed by atoms with van der Waals surface area (Å²) in [4.78, 5) is 13.1. The summed E-state index contributed by atoms with van der Waals surface area (Å²) >= 11 is -0.883. The average Bonchev–Trinajstić information content (AvgIpc) is 2.88. The molecule has 3 rings (SSSR count). The first-order valence-electron chi connectivity index (χ1n) is 7.41. The molecule has 7 heteroatoms. The first-order chi connectivity index (χ1) is 11.0. The Kier molecular flexibility index (Phi) is 4.52. The van der Waals surface area contributed by atoms with E-state index in [0.29, 0.717) is 16.3 Å². The fraction of sp³-hybridized carbons (Fsp3) is 0.312. The molecule has 1 amide bonds. The third kappa shape index (κ3) is 3.04. The number of benzene rings is 1. The molecule has 2 aromatic rings. The zero-order chi connectivity index (χ0) is 16.6. The van der Waals surface area contributed by atoms with Gasteiger partial charge in [0.2, 0.25) is 0 Å². The molecule has 0 bridgehead atoms. The number of aryl methyl sites for hydroxylation is 2. The number of hydrogen-bond donors (Lipinski definition) is 2. The molecule has 0 saturated carbocycles. The van der Waals surface area contributed by atoms with Crippen LogP contribution in [0.4, 0.5) is 10.7 Å². The monoisotopic (exact) mass is 350 g/mol. The van der Waals surface area contributed by atoms with Crippen LogP contribution in [-0.4, -0.2) is 14.7 Å². The molecule has 0 spiro atoms. The SMILES string of the molecule is Cc1ccc(N(c2sc3c(c2C(N)=O)CCCC3)S(=O)O)cc1. The van der Waals surface area contributed by atoms with Gasteiger partial charge in [0.25, 0.3) is 17.2 Å². The van der Waals surface area contributed by atoms with Gasteiger partial charge >= 0.3 is 0 Å². The minimum atomic E-state index is -2.28. The van der Waals surface area contributed by atoms with Crippen LogP contribution in [0.5, 0.6) is 0 Å². The number of carbonyl (C=O) groups is 1. The van der Waals surface area contributed by atoms with Crippen molar-refractivity contribution in [3.05, 3.63) is 45.8 Å². The molecule has 0 saturated heterocycles. The Hall–Kier alpha value is -1.70. The highest BCUT2D eigenvalue weighted by Crippen LogP contribution is 2.43. The van der Waals surface area contributed by atoms with Gasteiger partial charge in [-0.1, -0.05) is 17.7 Å². The Morgan fingerprint density at radius 3 is 2.52 bits per heavy atom. The third-order valence-electron chi connectivity index (χ3n) is 4.01. The van der Waals surface area contributed by atoms with Gasteiger partial charge in [-0.2, -0.15) is 0 Å². The lowest BCUT2D eigenvalue weighted by molar-refractivity contribution is 0.100. The van der Waals surface area contributed by atoms with Crippen LogP contribution in [0.2, 0.25) is 0 Å². The van der Waals surface area contributed by atoms with Crippen LogP contribution in [0.1, 0.15) is 39.2 Å². The molecule has 1 unspecified atom stereocenters. The highest BCUT2D eigenvalue weighted by atomic mass is 32.2. The number of primary amides is 1. The van der Waals surface area contributed by atoms with Crippen molar-refractivity contribution >= 4 is 39.2 Å². The number of rotatable bonds is 4. The third-order valence-corrected chi connectivity index (χ3v) is 6.11. The molecule has 5 nitrogen and oxygen atoms in total. The largest absolute Gasteiger partial charge is 0.365 e. The number of amides is 1. The Bertz CT molecular complexity index is 768. The number of fused-ring (bicyclic) bond motifs is 1. The summed E-state index contributed by atoms with van der Waals surface area (Å²) in [7, 11) is 0. The lowest BCUT2D eigenvalue weighted by Gasteiger charge is -2.19. The molecule has 23 heavy (non-hydrogen) atoms. The average molecular weight is 350 g/mol. The van der Waals surface area contributed by atoms with Crippen LogP contribution < -0.4 is 10.0 Å². The maximum absolute atomic E-state index is 12.0. The van der Waals surface area contributed by atoms with Gasteiger partial charge in [0, 0.05) is 4.88 Å². The van der Waals surface area contributed by atoms with Crippen molar-refractivity contribution in [1.29, 1.82) is 0 Å². The highest BCUT2D eigenvalue weighted by Gasteiger charge is 2.29. The zero-order valence-corrected chi connectivity index (χ0v) is 14.4. The van der Waals surface area contributed by atoms with Crippen LogP contribution in [0.15, 0.2) is 24.3 Å². The Balaban J connectivity index is 2.17. The van der Waals surface area contributed by atoms with E-state index in [1.807, 2.05) is 19.1 Å². The molecule has 122 valence electrons. The Morgan fingerprint density at radius 2 is 1.91 bits per heavy atom. The first-order valence-corrected chi connectivity index (χ1v) is 9.29. The number of nitrogens with two attached hydrogens (primary N) is 1. The van der Waals surface area contributed by atoms with Crippen molar-refractivity contribution in [2.24, 2.45) is 5.73 Å². The lowest BCUT2D eigenvalue weighted by atomic mass is 9.95. The molecule has 0 fully saturated rings. The van der Waals surface area contributed by atoms with E-state index < -0.39 is 17.2 Å². The minimum absolute atomic E-state index is 0.396. The fourth-order valence-electron chi connectivity index (χ4n) is 2.91. The van der Waals surface area contributed by atoms with E-state index in [-0.39, 0.29) is 0 Å². The van der Waals surface area contributed by atoms with Crippen molar-refractivity contribution in [2.75, 3.05) is 4.31 Å². The lowest BCUT2D eigenvalue weighted by Crippen LogP contribution is -2.23. The highest BCUT2D eigenvalue weighted by molar-refractivity contribution is 7.81. The number of hydrogen-bond acceptors (Lipinski definition) is 3. The summed E-state index contributed by atoms with van der Waals surface area (Å²) in [5, 5.41) is 0.467. The summed E-state index contributed by atoms with van der Waals surface area (Å²) in [6, 6.07) is 7.28. The van der Waals surface area contributed by atoms with E-state index in [4.69, 9.17) is 5.73 Å². The maximum atomic E-state index is 12.0. The second kappa shape index (κ2) is 6.43. The molecule has 1 aromatic carbocycles. The van der Waals surface area contributed by atoms with Crippen LogP contribution in [-0.2, 0) is 24.1 Å². The predicted molar refractivity (Wildman–Crippen MR) is 93.6 cm³/mol. The molecular formula is C16H18N2O3S2. The summed E-state index contributed by atoms with van der Waals surface area (Å²) in [5.74, 6) is -0.540. The van der Waals surface area contributed by atoms with Crippen molar-refractivity contribution in [2.45, 2.75) is 32.6 Å². The van der Waals surface area contributed by atoms with E-state index in [1.165, 1.54) is 15.6 Å². The molecule has 1 heterocycles. The van der Waals surface area contributed by atoms with Crippen LogP contribution in [0.25, 0.3) is 0 Å². The first kappa shape index (κ1) is 16.2. The van der Waals surface area contributed by atoms with Gasteiger partial charge in [-0.3, -0.25) is 9.35 Å². The molecule has 1 aromatic heterocycles. The van der Waals surface area contributed by atoms with Gasteiger partial charge in [-0.15, -0.1) is 11.3 Å². The van der Waals surface area contributed by atoms with Crippen molar-refractivity contribution in [3.63, 3.8) is 0 Å². The summed E-state index contributed by atoms with van der Waals surface area (Å²) < 4.78 is 23.1. The zero-order valence-electron chi connectivity index (χ0n) is 12.7. The molecule has 0 radical (unpaired) electrons. The molecule has 0 aliphatic heterocycles. The number of thiophene rings is 1. The summed E-state index contributed by atoms with van der Waals surface area (Å²) in [5.41, 5.74) is 8.55. The van der Waals surface area contributed by atoms with Gasteiger partial charge in [0.05, 0.1) is 11.3 Å². The summed E-state index contributed by atoms with van der Waals surface area (Å²) in [6.07, 6.45) is 3.76. The second-order valence-corrected chi connectivity index (χ2v) is 7.53. The molecule has 3 N–H and O–H groups in total. The topological polar surface area (TPSA) is 83.6 Å². The predicted octanol–water partition coefficient (Wildman–Crippen LogP) is 3.31. The van der Waals surface area contributed by atoms with E-state index in [2.05, 4.69) is 0 Å². The van der Waals surface area contributed by atoms with Crippen LogP contribution >= 0.6 is 11.3 Å². The smallest absolute Gasteiger partial charge is 0.267 e. The fourth-order valence-corrected chi connectivity index (χ4v) is 5.07. The van der Waals surface area contributed by atoms with Crippen molar-refractivity contribution < 1.29 is 13.6 Å². The molecule has 1 atom stereocenters. The van der Waals surface area contributed by atoms with E-state index in [9.17, 15) is 13.6 Å². The molecular weight excluding hydrogens is 332 g/mol. The van der Waals surface area contributed by atoms with E-state index >= 15 is 0 Å². The van der Waals surface area contributed by atoms with Crippen LogP contribution in [0, 0.1) is 6.92 Å². The van der Waals surface area contributed by atoms with Gasteiger partial charge in [0.15, 0.2) is 0 Å². The molecule has 1 aliphatic rings. The van der Waals surface area contributed by atoms with Gasteiger partial charge in [-0.05, 0) is 50.3 Å². The minimum Gasteiger partial charge on any atom is -0.365 e. The van der Waals surface area contributed by atoms with Crippen LogP contribution in [0.3, 0.4) is 0 Å². The normalized spacial score (nSPS) is 15.0. The number of nitrogens with zero attached hydrogens (tertiary/aromatic N) is 1. The van der Waals surface area contributed by atoms with Gasteiger partial charge < -0.3 is 5.73 Å². The van der Waals surface area contributed by atoms with Crippen molar-refractivity contribution in [3.8, 4) is 0 Å². The van der Waals surface area contributed by atoms with Crippen molar-refractivity contribution in [1.82, 2.24) is 0 Å². The van der Waals surface area contributed by atoms with Gasteiger partial charge in [-0.25, -0.2) is 8.51 Å². The van der Waals surface area contributed by atoms with Gasteiger partial charge in [0.1, 0.15) is 5.00 Å². The molecule has 1 aliphatic carbocycles. The maximum Gasteiger partial charge on any atom is 0.267 e. The van der Waals surface area contributed by atoms with E-state index in [0.717, 1.165) is 41.7 Å². The van der Waals surface area contributed by atoms with E-state index in [1.54, 1.807) is 12.1 Å². The number of carbonyl (C=O) groups excluding carboxylic acids is 1.